The highest BCUT2D eigenvalue weighted by Crippen LogP contribution is 2.17. The summed E-state index contributed by atoms with van der Waals surface area (Å²) in [6, 6.07) is 14.1. The van der Waals surface area contributed by atoms with E-state index in [0.717, 1.165) is 16.8 Å². The number of aryl methyl sites for hydroxylation is 2. The quantitative estimate of drug-likeness (QED) is 0.517. The fourth-order valence-electron chi connectivity index (χ4n) is 2.55. The first-order valence-electron chi connectivity index (χ1n) is 9.18. The van der Waals surface area contributed by atoms with Crippen LogP contribution in [0.1, 0.15) is 17.0 Å². The Hall–Kier alpha value is -2.69. The Balaban J connectivity index is 1.55. The summed E-state index contributed by atoms with van der Waals surface area (Å²) in [6.45, 7) is 3.87. The van der Waals surface area contributed by atoms with Crippen LogP contribution in [0.25, 0.3) is 0 Å². The van der Waals surface area contributed by atoms with Crippen molar-refractivity contribution in [2.45, 2.75) is 30.4 Å². The maximum absolute atomic E-state index is 12.4. The molecule has 1 heterocycles. The second-order valence-corrected chi connectivity index (χ2v) is 9.51. The van der Waals surface area contributed by atoms with Gasteiger partial charge in [0, 0.05) is 12.7 Å². The third-order valence-electron chi connectivity index (χ3n) is 4.34. The highest BCUT2D eigenvalue weighted by atomic mass is 32.2. The molecule has 10 heteroatoms. The van der Waals surface area contributed by atoms with Crippen LogP contribution in [0.5, 0.6) is 0 Å². The predicted molar refractivity (Wildman–Crippen MR) is 117 cm³/mol. The van der Waals surface area contributed by atoms with Crippen LogP contribution < -0.4 is 10.0 Å². The number of amides is 1. The lowest BCUT2D eigenvalue weighted by Gasteiger charge is -2.08. The Morgan fingerprint density at radius 1 is 1.00 bits per heavy atom. The van der Waals surface area contributed by atoms with Gasteiger partial charge in [-0.15, -0.1) is 10.2 Å². The fourth-order valence-corrected chi connectivity index (χ4v) is 4.26. The van der Waals surface area contributed by atoms with Crippen molar-refractivity contribution in [2.24, 2.45) is 7.05 Å². The molecule has 0 aliphatic rings. The molecule has 30 heavy (non-hydrogen) atoms. The van der Waals surface area contributed by atoms with Crippen LogP contribution in [-0.2, 0) is 28.4 Å². The van der Waals surface area contributed by atoms with Gasteiger partial charge in [0.05, 0.1) is 17.2 Å². The van der Waals surface area contributed by atoms with Gasteiger partial charge in [-0.2, -0.15) is 0 Å². The number of anilines is 1. The Labute approximate surface area is 180 Å². The Kier molecular flexibility index (Phi) is 6.91. The van der Waals surface area contributed by atoms with Gasteiger partial charge in [0.2, 0.25) is 15.9 Å². The van der Waals surface area contributed by atoms with Gasteiger partial charge in [-0.05, 0) is 38.1 Å². The zero-order valence-electron chi connectivity index (χ0n) is 16.9. The zero-order valence-corrected chi connectivity index (χ0v) is 18.5. The van der Waals surface area contributed by atoms with Gasteiger partial charge in [0.1, 0.15) is 5.82 Å². The van der Waals surface area contributed by atoms with Crippen LogP contribution in [0.3, 0.4) is 0 Å². The SMILES string of the molecule is Cc1ccc(NC(=O)CSc2nnc(CNS(=O)(=O)c3ccc(C)cc3)n2C)cc1. The number of sulfonamides is 1. The highest BCUT2D eigenvalue weighted by Gasteiger charge is 2.17. The molecule has 0 fully saturated rings. The van der Waals surface area contributed by atoms with Gasteiger partial charge in [-0.3, -0.25) is 4.79 Å². The van der Waals surface area contributed by atoms with E-state index in [1.165, 1.54) is 11.8 Å². The van der Waals surface area contributed by atoms with Crippen molar-refractivity contribution < 1.29 is 13.2 Å². The normalized spacial score (nSPS) is 11.4. The zero-order chi connectivity index (χ0) is 21.7. The van der Waals surface area contributed by atoms with Crippen LogP contribution in [0.15, 0.2) is 58.6 Å². The highest BCUT2D eigenvalue weighted by molar-refractivity contribution is 7.99. The monoisotopic (exact) mass is 445 g/mol. The molecule has 1 amide bonds. The molecular formula is C20H23N5O3S2. The molecule has 158 valence electrons. The van der Waals surface area contributed by atoms with Crippen molar-refractivity contribution in [3.05, 3.63) is 65.5 Å². The van der Waals surface area contributed by atoms with E-state index in [4.69, 9.17) is 0 Å². The molecule has 0 radical (unpaired) electrons. The molecule has 2 N–H and O–H groups in total. The maximum Gasteiger partial charge on any atom is 0.240 e. The van der Waals surface area contributed by atoms with Crippen molar-refractivity contribution in [2.75, 3.05) is 11.1 Å². The van der Waals surface area contributed by atoms with E-state index < -0.39 is 10.0 Å². The van der Waals surface area contributed by atoms with E-state index in [-0.39, 0.29) is 23.1 Å². The first-order valence-corrected chi connectivity index (χ1v) is 11.7. The molecular weight excluding hydrogens is 422 g/mol. The van der Waals surface area contributed by atoms with Gasteiger partial charge in [-0.25, -0.2) is 13.1 Å². The number of carbonyl (C=O) groups is 1. The average molecular weight is 446 g/mol. The lowest BCUT2D eigenvalue weighted by atomic mass is 10.2. The van der Waals surface area contributed by atoms with E-state index in [2.05, 4.69) is 20.2 Å². The Morgan fingerprint density at radius 3 is 2.23 bits per heavy atom. The number of hydrogen-bond donors (Lipinski definition) is 2. The molecule has 0 saturated carbocycles. The van der Waals surface area contributed by atoms with Crippen LogP contribution >= 0.6 is 11.8 Å². The number of carbonyl (C=O) groups excluding carboxylic acids is 1. The molecule has 2 aromatic carbocycles. The van der Waals surface area contributed by atoms with E-state index in [9.17, 15) is 13.2 Å². The van der Waals surface area contributed by atoms with E-state index in [1.54, 1.807) is 35.9 Å². The van der Waals surface area contributed by atoms with Crippen LogP contribution in [0.2, 0.25) is 0 Å². The molecule has 0 saturated heterocycles. The lowest BCUT2D eigenvalue weighted by Crippen LogP contribution is -2.24. The lowest BCUT2D eigenvalue weighted by molar-refractivity contribution is -0.113. The predicted octanol–water partition coefficient (Wildman–Crippen LogP) is 2.64. The number of nitrogens with one attached hydrogen (secondary N) is 2. The number of aromatic nitrogens is 3. The van der Waals surface area contributed by atoms with Crippen LogP contribution in [-0.4, -0.2) is 34.8 Å². The van der Waals surface area contributed by atoms with Gasteiger partial charge < -0.3 is 9.88 Å². The van der Waals surface area contributed by atoms with Crippen molar-refractivity contribution in [3.63, 3.8) is 0 Å². The molecule has 3 aromatic rings. The summed E-state index contributed by atoms with van der Waals surface area (Å²) in [7, 11) is -1.92. The van der Waals surface area contributed by atoms with Crippen molar-refractivity contribution in [3.8, 4) is 0 Å². The van der Waals surface area contributed by atoms with E-state index in [0.29, 0.717) is 11.0 Å². The second kappa shape index (κ2) is 9.41. The number of hydrogen-bond acceptors (Lipinski definition) is 6. The molecule has 0 spiro atoms. The Bertz CT molecular complexity index is 1120. The summed E-state index contributed by atoms with van der Waals surface area (Å²) in [5.74, 6) is 0.454. The summed E-state index contributed by atoms with van der Waals surface area (Å²) in [6.07, 6.45) is 0. The smallest absolute Gasteiger partial charge is 0.240 e. The topological polar surface area (TPSA) is 106 Å². The first kappa shape index (κ1) is 22.0. The molecule has 0 atom stereocenters. The van der Waals surface area contributed by atoms with Crippen molar-refractivity contribution >= 4 is 33.4 Å². The Morgan fingerprint density at radius 2 is 1.60 bits per heavy atom. The van der Waals surface area contributed by atoms with Gasteiger partial charge in [-0.1, -0.05) is 47.2 Å². The minimum Gasteiger partial charge on any atom is -0.325 e. The molecule has 0 aliphatic carbocycles. The third-order valence-corrected chi connectivity index (χ3v) is 6.78. The summed E-state index contributed by atoms with van der Waals surface area (Å²) in [5.41, 5.74) is 2.83. The van der Waals surface area contributed by atoms with Crippen molar-refractivity contribution in [1.29, 1.82) is 0 Å². The third kappa shape index (κ3) is 5.68. The largest absolute Gasteiger partial charge is 0.325 e. The average Bonchev–Trinajstić information content (AvgIpc) is 3.06. The minimum atomic E-state index is -3.65. The fraction of sp³-hybridized carbons (Fsp3) is 0.250. The van der Waals surface area contributed by atoms with Gasteiger partial charge in [0.15, 0.2) is 5.16 Å². The number of thioether (sulfide) groups is 1. The molecule has 0 bridgehead atoms. The molecule has 3 rings (SSSR count). The number of benzene rings is 2. The van der Waals surface area contributed by atoms with E-state index >= 15 is 0 Å². The summed E-state index contributed by atoms with van der Waals surface area (Å²) in [4.78, 5) is 12.3. The standard InChI is InChI=1S/C20H23N5O3S2/c1-14-4-8-16(9-5-14)22-19(26)13-29-20-24-23-18(25(20)3)12-21-30(27,28)17-10-6-15(2)7-11-17/h4-11,21H,12-13H2,1-3H3,(H,22,26). The van der Waals surface area contributed by atoms with Gasteiger partial charge in [0.25, 0.3) is 0 Å². The summed E-state index contributed by atoms with van der Waals surface area (Å²) >= 11 is 1.23. The molecule has 0 aliphatic heterocycles. The second-order valence-electron chi connectivity index (χ2n) is 6.80. The maximum atomic E-state index is 12.4. The molecule has 8 nitrogen and oxygen atoms in total. The summed E-state index contributed by atoms with van der Waals surface area (Å²) < 4.78 is 29.0. The molecule has 0 unspecified atom stereocenters. The molecule has 1 aromatic heterocycles. The van der Waals surface area contributed by atoms with Crippen LogP contribution in [0, 0.1) is 13.8 Å². The van der Waals surface area contributed by atoms with E-state index in [1.807, 2.05) is 38.1 Å². The number of rotatable bonds is 8. The number of nitrogens with zero attached hydrogens (tertiary/aromatic N) is 3. The van der Waals surface area contributed by atoms with Crippen molar-refractivity contribution in [1.82, 2.24) is 19.5 Å². The first-order chi connectivity index (χ1) is 14.2. The minimum absolute atomic E-state index is 0.00413. The van der Waals surface area contributed by atoms with Crippen LogP contribution in [0.4, 0.5) is 5.69 Å². The summed E-state index contributed by atoms with van der Waals surface area (Å²) in [5, 5.41) is 11.4. The van der Waals surface area contributed by atoms with Gasteiger partial charge >= 0.3 is 0 Å².